The van der Waals surface area contributed by atoms with Crippen LogP contribution in [-0.4, -0.2) is 6.04 Å². The molecule has 2 nitrogen and oxygen atoms in total. The van der Waals surface area contributed by atoms with Gasteiger partial charge in [0.15, 0.2) is 0 Å². The second-order valence-electron chi connectivity index (χ2n) is 4.15. The molecule has 1 aliphatic carbocycles. The van der Waals surface area contributed by atoms with Gasteiger partial charge in [0, 0.05) is 17.5 Å². The SMILES string of the molecule is CCCC1CC1NCc1ccc(C#N)s1. The van der Waals surface area contributed by atoms with Gasteiger partial charge >= 0.3 is 0 Å². The summed E-state index contributed by atoms with van der Waals surface area (Å²) in [6.45, 7) is 3.17. The van der Waals surface area contributed by atoms with E-state index in [1.54, 1.807) is 11.3 Å². The highest BCUT2D eigenvalue weighted by Crippen LogP contribution is 2.34. The highest BCUT2D eigenvalue weighted by molar-refractivity contribution is 7.12. The van der Waals surface area contributed by atoms with Crippen molar-refractivity contribution in [3.8, 4) is 6.07 Å². The van der Waals surface area contributed by atoms with Gasteiger partial charge in [-0.25, -0.2) is 0 Å². The van der Waals surface area contributed by atoms with Crippen LogP contribution in [0.2, 0.25) is 0 Å². The van der Waals surface area contributed by atoms with Crippen molar-refractivity contribution < 1.29 is 0 Å². The van der Waals surface area contributed by atoms with E-state index in [4.69, 9.17) is 5.26 Å². The van der Waals surface area contributed by atoms with Crippen LogP contribution in [0.15, 0.2) is 12.1 Å². The lowest BCUT2D eigenvalue weighted by molar-refractivity contribution is 0.602. The van der Waals surface area contributed by atoms with Gasteiger partial charge in [0.1, 0.15) is 10.9 Å². The summed E-state index contributed by atoms with van der Waals surface area (Å²) in [5.74, 6) is 0.908. The van der Waals surface area contributed by atoms with Crippen LogP contribution in [0, 0.1) is 17.2 Å². The van der Waals surface area contributed by atoms with Crippen LogP contribution in [0.5, 0.6) is 0 Å². The normalized spacial score (nSPS) is 23.7. The molecule has 0 aliphatic heterocycles. The zero-order valence-corrected chi connectivity index (χ0v) is 9.81. The second kappa shape index (κ2) is 4.78. The molecule has 0 amide bonds. The first-order chi connectivity index (χ1) is 7.33. The van der Waals surface area contributed by atoms with Gasteiger partial charge in [-0.3, -0.25) is 0 Å². The summed E-state index contributed by atoms with van der Waals surface area (Å²) in [7, 11) is 0. The average molecular weight is 220 g/mol. The van der Waals surface area contributed by atoms with Gasteiger partial charge in [-0.1, -0.05) is 13.3 Å². The lowest BCUT2D eigenvalue weighted by atomic mass is 10.2. The number of hydrogen-bond donors (Lipinski definition) is 1. The molecule has 2 atom stereocenters. The van der Waals surface area contributed by atoms with Crippen LogP contribution >= 0.6 is 11.3 Å². The molecule has 0 bridgehead atoms. The van der Waals surface area contributed by atoms with Crippen molar-refractivity contribution in [3.63, 3.8) is 0 Å². The summed E-state index contributed by atoms with van der Waals surface area (Å²) < 4.78 is 0. The predicted octanol–water partition coefficient (Wildman–Crippen LogP) is 2.90. The van der Waals surface area contributed by atoms with Crippen LogP contribution in [0.25, 0.3) is 0 Å². The number of nitrogens with zero attached hydrogens (tertiary/aromatic N) is 1. The fourth-order valence-corrected chi connectivity index (χ4v) is 2.71. The van der Waals surface area contributed by atoms with E-state index < -0.39 is 0 Å². The lowest BCUT2D eigenvalue weighted by Gasteiger charge is -2.00. The molecular weight excluding hydrogens is 204 g/mol. The molecule has 1 aromatic heterocycles. The molecule has 15 heavy (non-hydrogen) atoms. The van der Waals surface area contributed by atoms with Gasteiger partial charge in [-0.15, -0.1) is 11.3 Å². The summed E-state index contributed by atoms with van der Waals surface area (Å²) in [6.07, 6.45) is 3.98. The van der Waals surface area contributed by atoms with Crippen molar-refractivity contribution in [1.82, 2.24) is 5.32 Å². The lowest BCUT2D eigenvalue weighted by Crippen LogP contribution is -2.16. The molecule has 2 rings (SSSR count). The van der Waals surface area contributed by atoms with Gasteiger partial charge < -0.3 is 5.32 Å². The van der Waals surface area contributed by atoms with Gasteiger partial charge in [0.2, 0.25) is 0 Å². The molecule has 1 aliphatic rings. The van der Waals surface area contributed by atoms with Crippen molar-refractivity contribution >= 4 is 11.3 Å². The molecule has 3 heteroatoms. The van der Waals surface area contributed by atoms with E-state index in [2.05, 4.69) is 18.3 Å². The summed E-state index contributed by atoms with van der Waals surface area (Å²) >= 11 is 1.59. The molecule has 1 N–H and O–H groups in total. The first-order valence-corrected chi connectivity index (χ1v) is 6.37. The Morgan fingerprint density at radius 3 is 3.13 bits per heavy atom. The van der Waals surface area contributed by atoms with E-state index in [1.165, 1.54) is 24.1 Å². The molecule has 1 aromatic rings. The van der Waals surface area contributed by atoms with Crippen LogP contribution in [0.1, 0.15) is 35.9 Å². The van der Waals surface area contributed by atoms with Crippen LogP contribution in [0.4, 0.5) is 0 Å². The molecule has 0 aromatic carbocycles. The fourth-order valence-electron chi connectivity index (χ4n) is 1.95. The van der Waals surface area contributed by atoms with E-state index >= 15 is 0 Å². The minimum Gasteiger partial charge on any atom is -0.309 e. The van der Waals surface area contributed by atoms with Crippen LogP contribution in [-0.2, 0) is 6.54 Å². The smallest absolute Gasteiger partial charge is 0.110 e. The standard InChI is InChI=1S/C12H16N2S/c1-2-3-9-6-12(9)14-8-11-5-4-10(7-13)15-11/h4-5,9,12,14H,2-3,6,8H2,1H3. The number of thiophene rings is 1. The monoisotopic (exact) mass is 220 g/mol. The molecule has 1 fully saturated rings. The first kappa shape index (κ1) is 10.7. The Bertz CT molecular complexity index is 364. The Balaban J connectivity index is 1.73. The van der Waals surface area contributed by atoms with Crippen molar-refractivity contribution in [2.45, 2.75) is 38.8 Å². The largest absolute Gasteiger partial charge is 0.309 e. The van der Waals surface area contributed by atoms with Crippen molar-refractivity contribution in [2.75, 3.05) is 0 Å². The minimum absolute atomic E-state index is 0.734. The maximum atomic E-state index is 8.69. The van der Waals surface area contributed by atoms with Crippen LogP contribution < -0.4 is 5.32 Å². The summed E-state index contributed by atoms with van der Waals surface area (Å²) in [6, 6.07) is 6.85. The molecule has 0 radical (unpaired) electrons. The average Bonchev–Trinajstić information content (AvgIpc) is 2.82. The van der Waals surface area contributed by atoms with Gasteiger partial charge in [-0.05, 0) is 30.9 Å². The Kier molecular flexibility index (Phi) is 3.40. The molecule has 1 heterocycles. The number of nitrogens with one attached hydrogen (secondary N) is 1. The van der Waals surface area contributed by atoms with Crippen molar-refractivity contribution in [1.29, 1.82) is 5.26 Å². The molecule has 2 unspecified atom stereocenters. The molecule has 0 saturated heterocycles. The Labute approximate surface area is 94.9 Å². The third-order valence-corrected chi connectivity index (χ3v) is 3.88. The van der Waals surface area contributed by atoms with Crippen LogP contribution in [0.3, 0.4) is 0 Å². The fraction of sp³-hybridized carbons (Fsp3) is 0.583. The Hall–Kier alpha value is -0.850. The molecule has 1 saturated carbocycles. The van der Waals surface area contributed by atoms with E-state index in [0.29, 0.717) is 0 Å². The molecule has 0 spiro atoms. The number of rotatable bonds is 5. The third-order valence-electron chi connectivity index (χ3n) is 2.89. The number of hydrogen-bond acceptors (Lipinski definition) is 3. The van der Waals surface area contributed by atoms with E-state index in [9.17, 15) is 0 Å². The topological polar surface area (TPSA) is 35.8 Å². The van der Waals surface area contributed by atoms with Gasteiger partial charge in [0.25, 0.3) is 0 Å². The number of nitriles is 1. The third kappa shape index (κ3) is 2.80. The summed E-state index contributed by atoms with van der Waals surface area (Å²) in [5, 5.41) is 12.2. The van der Waals surface area contributed by atoms with Crippen molar-refractivity contribution in [3.05, 3.63) is 21.9 Å². The quantitative estimate of drug-likeness (QED) is 0.828. The molecule has 80 valence electrons. The Morgan fingerprint density at radius 2 is 2.47 bits per heavy atom. The summed E-state index contributed by atoms with van der Waals surface area (Å²) in [4.78, 5) is 2.08. The van der Waals surface area contributed by atoms with E-state index in [-0.39, 0.29) is 0 Å². The van der Waals surface area contributed by atoms with Gasteiger partial charge in [-0.2, -0.15) is 5.26 Å². The molecular formula is C12H16N2S. The van der Waals surface area contributed by atoms with E-state index in [0.717, 1.165) is 23.4 Å². The zero-order chi connectivity index (χ0) is 10.7. The first-order valence-electron chi connectivity index (χ1n) is 5.55. The van der Waals surface area contributed by atoms with Crippen molar-refractivity contribution in [2.24, 2.45) is 5.92 Å². The van der Waals surface area contributed by atoms with Gasteiger partial charge in [0.05, 0.1) is 0 Å². The van der Waals surface area contributed by atoms with E-state index in [1.807, 2.05) is 12.1 Å². The zero-order valence-electron chi connectivity index (χ0n) is 8.99. The minimum atomic E-state index is 0.734. The predicted molar refractivity (Wildman–Crippen MR) is 62.7 cm³/mol. The second-order valence-corrected chi connectivity index (χ2v) is 5.32. The maximum Gasteiger partial charge on any atom is 0.110 e. The maximum absolute atomic E-state index is 8.69. The highest BCUT2D eigenvalue weighted by atomic mass is 32.1. The summed E-state index contributed by atoms with van der Waals surface area (Å²) in [5.41, 5.74) is 0. The highest BCUT2D eigenvalue weighted by Gasteiger charge is 2.35. The Morgan fingerprint density at radius 1 is 1.60 bits per heavy atom.